The fraction of sp³-hybridized carbons (Fsp3) is 0.444. The number of methoxy groups -OCH3 is 1. The van der Waals surface area contributed by atoms with E-state index in [0.29, 0.717) is 26.2 Å². The van der Waals surface area contributed by atoms with E-state index < -0.39 is 10.2 Å². The number of hydrogen-bond donors (Lipinski definition) is 0. The van der Waals surface area contributed by atoms with Crippen molar-refractivity contribution in [1.82, 2.24) is 13.2 Å². The Morgan fingerprint density at radius 1 is 1.00 bits per heavy atom. The van der Waals surface area contributed by atoms with Crippen LogP contribution in [-0.4, -0.2) is 48.3 Å². The zero-order valence-corrected chi connectivity index (χ0v) is 15.2. The lowest BCUT2D eigenvalue weighted by atomic mass is 10.0. The van der Waals surface area contributed by atoms with E-state index in [1.807, 2.05) is 42.6 Å². The number of fused-ring (bicyclic) bond motifs is 1. The first kappa shape index (κ1) is 16.6. The molecule has 1 atom stereocenters. The maximum absolute atomic E-state index is 13.2. The normalized spacial score (nSPS) is 22.0. The van der Waals surface area contributed by atoms with Crippen LogP contribution in [0.4, 0.5) is 0 Å². The van der Waals surface area contributed by atoms with Gasteiger partial charge >= 0.3 is 0 Å². The first-order chi connectivity index (χ1) is 12.1. The van der Waals surface area contributed by atoms with Gasteiger partial charge in [0.2, 0.25) is 0 Å². The average Bonchev–Trinajstić information content (AvgIpc) is 3.32. The van der Waals surface area contributed by atoms with Crippen molar-refractivity contribution in [1.29, 1.82) is 0 Å². The second-order valence-electron chi connectivity index (χ2n) is 6.53. The van der Waals surface area contributed by atoms with Crippen LogP contribution in [0.15, 0.2) is 42.6 Å². The van der Waals surface area contributed by atoms with Gasteiger partial charge in [-0.2, -0.15) is 17.0 Å². The first-order valence-electron chi connectivity index (χ1n) is 8.67. The number of rotatable bonds is 4. The smallest absolute Gasteiger partial charge is 0.282 e. The fourth-order valence-corrected chi connectivity index (χ4v) is 5.63. The molecule has 0 spiro atoms. The second kappa shape index (κ2) is 6.48. The molecule has 0 aliphatic carbocycles. The van der Waals surface area contributed by atoms with Gasteiger partial charge in [-0.15, -0.1) is 0 Å². The third kappa shape index (κ3) is 2.86. The molecule has 0 N–H and O–H groups in total. The maximum Gasteiger partial charge on any atom is 0.282 e. The molecule has 2 aliphatic heterocycles. The van der Waals surface area contributed by atoms with Crippen molar-refractivity contribution in [3.05, 3.63) is 53.9 Å². The van der Waals surface area contributed by atoms with Gasteiger partial charge in [-0.05, 0) is 42.7 Å². The molecule has 1 unspecified atom stereocenters. The van der Waals surface area contributed by atoms with Crippen molar-refractivity contribution < 1.29 is 13.2 Å². The lowest BCUT2D eigenvalue weighted by Crippen LogP contribution is -2.48. The topological polar surface area (TPSA) is 54.8 Å². The van der Waals surface area contributed by atoms with Crippen molar-refractivity contribution in [2.24, 2.45) is 0 Å². The highest BCUT2D eigenvalue weighted by Crippen LogP contribution is 2.36. The Morgan fingerprint density at radius 3 is 2.40 bits per heavy atom. The van der Waals surface area contributed by atoms with E-state index in [1.165, 1.54) is 0 Å². The van der Waals surface area contributed by atoms with Crippen LogP contribution < -0.4 is 4.74 Å². The van der Waals surface area contributed by atoms with E-state index in [4.69, 9.17) is 4.74 Å². The Hall–Kier alpha value is -1.83. The summed E-state index contributed by atoms with van der Waals surface area (Å²) in [5.41, 5.74) is 1.97. The van der Waals surface area contributed by atoms with Crippen LogP contribution >= 0.6 is 0 Å². The molecular formula is C18H23N3O3S. The number of benzene rings is 1. The zero-order chi connectivity index (χ0) is 17.4. The molecule has 2 aromatic rings. The van der Waals surface area contributed by atoms with Gasteiger partial charge in [0, 0.05) is 38.1 Å². The van der Waals surface area contributed by atoms with Crippen molar-refractivity contribution in [2.45, 2.75) is 25.4 Å². The molecule has 3 heterocycles. The summed E-state index contributed by atoms with van der Waals surface area (Å²) in [7, 11) is -1.84. The summed E-state index contributed by atoms with van der Waals surface area (Å²) in [6, 6.07) is 11.4. The molecule has 25 heavy (non-hydrogen) atoms. The number of aromatic nitrogens is 1. The maximum atomic E-state index is 13.2. The van der Waals surface area contributed by atoms with Gasteiger partial charge in [0.05, 0.1) is 13.2 Å². The van der Waals surface area contributed by atoms with E-state index in [9.17, 15) is 8.42 Å². The number of ether oxygens (including phenoxy) is 1. The summed E-state index contributed by atoms with van der Waals surface area (Å²) in [6.07, 6.45) is 3.90. The van der Waals surface area contributed by atoms with E-state index in [2.05, 4.69) is 4.57 Å². The van der Waals surface area contributed by atoms with Crippen LogP contribution in [0.25, 0.3) is 0 Å². The van der Waals surface area contributed by atoms with E-state index >= 15 is 0 Å². The molecule has 4 rings (SSSR count). The van der Waals surface area contributed by atoms with Gasteiger partial charge in [-0.3, -0.25) is 0 Å². The Bertz CT molecular complexity index is 839. The molecule has 0 radical (unpaired) electrons. The van der Waals surface area contributed by atoms with Crippen molar-refractivity contribution in [2.75, 3.05) is 26.7 Å². The molecule has 1 aromatic carbocycles. The minimum atomic E-state index is -3.47. The van der Waals surface area contributed by atoms with E-state index in [-0.39, 0.29) is 6.04 Å². The molecule has 2 aliphatic rings. The summed E-state index contributed by atoms with van der Waals surface area (Å²) in [6.45, 7) is 2.41. The molecule has 6 nitrogen and oxygen atoms in total. The van der Waals surface area contributed by atoms with Gasteiger partial charge in [0.25, 0.3) is 10.2 Å². The molecule has 1 fully saturated rings. The van der Waals surface area contributed by atoms with Crippen LogP contribution in [0.2, 0.25) is 0 Å². The zero-order valence-electron chi connectivity index (χ0n) is 14.3. The predicted octanol–water partition coefficient (Wildman–Crippen LogP) is 2.24. The average molecular weight is 361 g/mol. The SMILES string of the molecule is COc1ccc(C2c3cccn3CCN2S(=O)(=O)N2CCCC2)cc1. The Kier molecular flexibility index (Phi) is 4.31. The second-order valence-corrected chi connectivity index (χ2v) is 8.41. The highest BCUT2D eigenvalue weighted by atomic mass is 32.2. The quantitative estimate of drug-likeness (QED) is 0.839. The largest absolute Gasteiger partial charge is 0.497 e. The van der Waals surface area contributed by atoms with Gasteiger partial charge in [0.1, 0.15) is 5.75 Å². The van der Waals surface area contributed by atoms with Gasteiger partial charge in [0.15, 0.2) is 0 Å². The Balaban J connectivity index is 1.77. The Morgan fingerprint density at radius 2 is 1.72 bits per heavy atom. The molecule has 0 amide bonds. The summed E-state index contributed by atoms with van der Waals surface area (Å²) in [5.74, 6) is 0.767. The molecule has 134 valence electrons. The monoisotopic (exact) mass is 361 g/mol. The van der Waals surface area contributed by atoms with Crippen LogP contribution in [0.3, 0.4) is 0 Å². The number of hydrogen-bond acceptors (Lipinski definition) is 3. The van der Waals surface area contributed by atoms with Crippen molar-refractivity contribution >= 4 is 10.2 Å². The summed E-state index contributed by atoms with van der Waals surface area (Å²) in [5, 5.41) is 0. The standard InChI is InChI=1S/C18H23N3O3S/c1-24-16-8-6-15(7-9-16)18-17-5-4-10-19(17)13-14-21(18)25(22,23)20-11-2-3-12-20/h4-10,18H,2-3,11-14H2,1H3. The number of nitrogens with zero attached hydrogens (tertiary/aromatic N) is 3. The Labute approximate surface area is 148 Å². The molecule has 0 saturated carbocycles. The van der Waals surface area contributed by atoms with Crippen LogP contribution in [0, 0.1) is 0 Å². The van der Waals surface area contributed by atoms with Crippen LogP contribution in [0.1, 0.15) is 30.1 Å². The lowest BCUT2D eigenvalue weighted by molar-refractivity contribution is 0.275. The van der Waals surface area contributed by atoms with E-state index in [1.54, 1.807) is 15.7 Å². The highest BCUT2D eigenvalue weighted by molar-refractivity contribution is 7.86. The summed E-state index contributed by atoms with van der Waals surface area (Å²) >= 11 is 0. The van der Waals surface area contributed by atoms with Crippen LogP contribution in [-0.2, 0) is 16.8 Å². The summed E-state index contributed by atoms with van der Waals surface area (Å²) < 4.78 is 37.2. The van der Waals surface area contributed by atoms with Gasteiger partial charge in [-0.1, -0.05) is 12.1 Å². The first-order valence-corrected chi connectivity index (χ1v) is 10.1. The van der Waals surface area contributed by atoms with E-state index in [0.717, 1.165) is 29.8 Å². The third-order valence-electron chi connectivity index (χ3n) is 5.11. The fourth-order valence-electron chi connectivity index (χ4n) is 3.80. The molecule has 1 aromatic heterocycles. The van der Waals surface area contributed by atoms with Crippen molar-refractivity contribution in [3.8, 4) is 5.75 Å². The molecule has 0 bridgehead atoms. The van der Waals surface area contributed by atoms with Gasteiger partial charge in [-0.25, -0.2) is 0 Å². The third-order valence-corrected chi connectivity index (χ3v) is 7.12. The van der Waals surface area contributed by atoms with Crippen LogP contribution in [0.5, 0.6) is 5.75 Å². The highest BCUT2D eigenvalue weighted by Gasteiger charge is 2.40. The van der Waals surface area contributed by atoms with Crippen molar-refractivity contribution in [3.63, 3.8) is 0 Å². The minimum absolute atomic E-state index is 0.305. The summed E-state index contributed by atoms with van der Waals surface area (Å²) in [4.78, 5) is 0. The predicted molar refractivity (Wildman–Crippen MR) is 95.7 cm³/mol. The molecule has 7 heteroatoms. The van der Waals surface area contributed by atoms with Gasteiger partial charge < -0.3 is 9.30 Å². The minimum Gasteiger partial charge on any atom is -0.497 e. The lowest BCUT2D eigenvalue weighted by Gasteiger charge is -2.38. The molecular weight excluding hydrogens is 338 g/mol. The molecule has 1 saturated heterocycles.